The highest BCUT2D eigenvalue weighted by molar-refractivity contribution is 6.39. The molecule has 0 bridgehead atoms. The standard InChI is InChI=1S/C9H17NO/c1-4-7-10-8(5-2)9(11)6-3/h4-7H2,1-3H3. The maximum Gasteiger partial charge on any atom is 0.176 e. The van der Waals surface area contributed by atoms with Crippen LogP contribution in [0.3, 0.4) is 0 Å². The van der Waals surface area contributed by atoms with Gasteiger partial charge in [-0.3, -0.25) is 9.79 Å². The first-order valence-electron chi connectivity index (χ1n) is 4.32. The van der Waals surface area contributed by atoms with Crippen LogP contribution in [-0.4, -0.2) is 18.0 Å². The summed E-state index contributed by atoms with van der Waals surface area (Å²) in [5.74, 6) is 0.195. The molecule has 0 aliphatic carbocycles. The second-order valence-electron chi connectivity index (χ2n) is 2.46. The van der Waals surface area contributed by atoms with Crippen LogP contribution in [0.25, 0.3) is 0 Å². The van der Waals surface area contributed by atoms with Gasteiger partial charge in [-0.15, -0.1) is 0 Å². The van der Waals surface area contributed by atoms with Crippen molar-refractivity contribution in [3.05, 3.63) is 0 Å². The van der Waals surface area contributed by atoms with Crippen LogP contribution in [-0.2, 0) is 4.79 Å². The van der Waals surface area contributed by atoms with Crippen LogP contribution in [0.5, 0.6) is 0 Å². The molecule has 0 heterocycles. The van der Waals surface area contributed by atoms with Crippen molar-refractivity contribution >= 4 is 11.5 Å². The zero-order valence-corrected chi connectivity index (χ0v) is 7.68. The molecule has 11 heavy (non-hydrogen) atoms. The number of hydrogen-bond donors (Lipinski definition) is 0. The van der Waals surface area contributed by atoms with E-state index in [2.05, 4.69) is 11.9 Å². The fourth-order valence-electron chi connectivity index (χ4n) is 0.848. The number of nitrogens with zero attached hydrogens (tertiary/aromatic N) is 1. The van der Waals surface area contributed by atoms with Gasteiger partial charge >= 0.3 is 0 Å². The molecule has 0 unspecified atom stereocenters. The first-order chi connectivity index (χ1) is 5.26. The van der Waals surface area contributed by atoms with Gasteiger partial charge < -0.3 is 0 Å². The van der Waals surface area contributed by atoms with Gasteiger partial charge in [0.05, 0.1) is 5.71 Å². The summed E-state index contributed by atoms with van der Waals surface area (Å²) >= 11 is 0. The Morgan fingerprint density at radius 3 is 2.18 bits per heavy atom. The molecule has 0 fully saturated rings. The summed E-state index contributed by atoms with van der Waals surface area (Å²) in [7, 11) is 0. The highest BCUT2D eigenvalue weighted by Gasteiger charge is 2.04. The minimum absolute atomic E-state index is 0.195. The molecular formula is C9H17NO. The Morgan fingerprint density at radius 2 is 1.82 bits per heavy atom. The van der Waals surface area contributed by atoms with Gasteiger partial charge in [0.15, 0.2) is 5.78 Å². The van der Waals surface area contributed by atoms with Crippen LogP contribution in [0.4, 0.5) is 0 Å². The first-order valence-corrected chi connectivity index (χ1v) is 4.32. The van der Waals surface area contributed by atoms with E-state index in [1.165, 1.54) is 0 Å². The third-order valence-electron chi connectivity index (χ3n) is 1.50. The van der Waals surface area contributed by atoms with Crippen LogP contribution in [0, 0.1) is 0 Å². The number of hydrogen-bond acceptors (Lipinski definition) is 2. The van der Waals surface area contributed by atoms with Gasteiger partial charge in [0, 0.05) is 13.0 Å². The Hall–Kier alpha value is -0.660. The van der Waals surface area contributed by atoms with Gasteiger partial charge in [-0.1, -0.05) is 20.8 Å². The van der Waals surface area contributed by atoms with Crippen LogP contribution in [0.15, 0.2) is 4.99 Å². The minimum Gasteiger partial charge on any atom is -0.293 e. The van der Waals surface area contributed by atoms with Crippen molar-refractivity contribution in [1.82, 2.24) is 0 Å². The molecule has 0 saturated heterocycles. The minimum atomic E-state index is 0.195. The summed E-state index contributed by atoms with van der Waals surface area (Å²) in [5, 5.41) is 0. The third-order valence-corrected chi connectivity index (χ3v) is 1.50. The van der Waals surface area contributed by atoms with Crippen LogP contribution in [0.1, 0.15) is 40.0 Å². The largest absolute Gasteiger partial charge is 0.293 e. The Balaban J connectivity index is 4.03. The second kappa shape index (κ2) is 6.08. The number of carbonyl (C=O) groups is 1. The van der Waals surface area contributed by atoms with E-state index in [0.29, 0.717) is 6.42 Å². The summed E-state index contributed by atoms with van der Waals surface area (Å²) < 4.78 is 0. The van der Waals surface area contributed by atoms with Gasteiger partial charge in [0.1, 0.15) is 0 Å². The molecule has 0 aliphatic rings. The lowest BCUT2D eigenvalue weighted by molar-refractivity contribution is -0.112. The summed E-state index contributed by atoms with van der Waals surface area (Å²) in [4.78, 5) is 15.3. The molecule has 0 aliphatic heterocycles. The average Bonchev–Trinajstić information content (AvgIpc) is 2.05. The molecule has 2 heteroatoms. The molecule has 0 aromatic heterocycles. The van der Waals surface area contributed by atoms with Gasteiger partial charge in [-0.25, -0.2) is 0 Å². The second-order valence-corrected chi connectivity index (χ2v) is 2.46. The highest BCUT2D eigenvalue weighted by Crippen LogP contribution is 1.93. The van der Waals surface area contributed by atoms with E-state index in [4.69, 9.17) is 0 Å². The van der Waals surface area contributed by atoms with E-state index >= 15 is 0 Å². The van der Waals surface area contributed by atoms with E-state index in [9.17, 15) is 4.79 Å². The molecule has 0 aromatic rings. The van der Waals surface area contributed by atoms with Crippen molar-refractivity contribution in [3.8, 4) is 0 Å². The highest BCUT2D eigenvalue weighted by atomic mass is 16.1. The Labute approximate surface area is 68.7 Å². The average molecular weight is 155 g/mol. The molecule has 64 valence electrons. The van der Waals surface area contributed by atoms with E-state index in [1.54, 1.807) is 0 Å². The SMILES string of the molecule is CCCN=C(CC)C(=O)CC. The van der Waals surface area contributed by atoms with Crippen molar-refractivity contribution < 1.29 is 4.79 Å². The molecule has 0 saturated carbocycles. The summed E-state index contributed by atoms with van der Waals surface area (Å²) in [6.07, 6.45) is 2.36. The molecular weight excluding hydrogens is 138 g/mol. The molecule has 0 N–H and O–H groups in total. The molecule has 0 radical (unpaired) electrons. The molecule has 2 nitrogen and oxygen atoms in total. The zero-order valence-electron chi connectivity index (χ0n) is 7.68. The van der Waals surface area contributed by atoms with Crippen LogP contribution in [0.2, 0.25) is 0 Å². The van der Waals surface area contributed by atoms with Gasteiger partial charge in [-0.2, -0.15) is 0 Å². The van der Waals surface area contributed by atoms with Crippen molar-refractivity contribution in [2.75, 3.05) is 6.54 Å². The van der Waals surface area contributed by atoms with E-state index in [-0.39, 0.29) is 5.78 Å². The van der Waals surface area contributed by atoms with Crippen molar-refractivity contribution in [3.63, 3.8) is 0 Å². The fourth-order valence-corrected chi connectivity index (χ4v) is 0.848. The normalized spacial score (nSPS) is 11.7. The predicted molar refractivity (Wildman–Crippen MR) is 48.2 cm³/mol. The Morgan fingerprint density at radius 1 is 1.18 bits per heavy atom. The quantitative estimate of drug-likeness (QED) is 0.560. The molecule has 0 aromatic carbocycles. The van der Waals surface area contributed by atoms with Crippen molar-refractivity contribution in [2.45, 2.75) is 40.0 Å². The molecule has 0 atom stereocenters. The summed E-state index contributed by atoms with van der Waals surface area (Å²) in [6.45, 7) is 6.70. The fraction of sp³-hybridized carbons (Fsp3) is 0.778. The maximum atomic E-state index is 11.1. The predicted octanol–water partition coefficient (Wildman–Crippen LogP) is 2.23. The lowest BCUT2D eigenvalue weighted by Gasteiger charge is -1.98. The van der Waals surface area contributed by atoms with Gasteiger partial charge in [-0.05, 0) is 12.8 Å². The zero-order chi connectivity index (χ0) is 8.69. The van der Waals surface area contributed by atoms with Gasteiger partial charge in [0.2, 0.25) is 0 Å². The molecule has 0 spiro atoms. The third kappa shape index (κ3) is 3.91. The lowest BCUT2D eigenvalue weighted by Crippen LogP contribution is -2.11. The van der Waals surface area contributed by atoms with E-state index in [0.717, 1.165) is 25.1 Å². The Kier molecular flexibility index (Phi) is 5.71. The first kappa shape index (κ1) is 10.3. The Bertz CT molecular complexity index is 150. The monoisotopic (exact) mass is 155 g/mol. The van der Waals surface area contributed by atoms with Crippen LogP contribution >= 0.6 is 0 Å². The smallest absolute Gasteiger partial charge is 0.176 e. The van der Waals surface area contributed by atoms with E-state index < -0.39 is 0 Å². The number of rotatable bonds is 5. The summed E-state index contributed by atoms with van der Waals surface area (Å²) in [5.41, 5.74) is 0.759. The number of ketones is 1. The summed E-state index contributed by atoms with van der Waals surface area (Å²) in [6, 6.07) is 0. The number of carbonyl (C=O) groups excluding carboxylic acids is 1. The molecule has 0 amide bonds. The molecule has 0 rings (SSSR count). The topological polar surface area (TPSA) is 29.4 Å². The van der Waals surface area contributed by atoms with E-state index in [1.807, 2.05) is 13.8 Å². The lowest BCUT2D eigenvalue weighted by atomic mass is 10.1. The number of Topliss-reactive ketones (excluding diaryl/α,β-unsaturated/α-hetero) is 1. The van der Waals surface area contributed by atoms with Crippen molar-refractivity contribution in [2.24, 2.45) is 4.99 Å². The van der Waals surface area contributed by atoms with Gasteiger partial charge in [0.25, 0.3) is 0 Å². The van der Waals surface area contributed by atoms with Crippen molar-refractivity contribution in [1.29, 1.82) is 0 Å². The van der Waals surface area contributed by atoms with Crippen LogP contribution < -0.4 is 0 Å². The maximum absolute atomic E-state index is 11.1. The number of aliphatic imine (C=N–C) groups is 1.